The van der Waals surface area contributed by atoms with Crippen molar-refractivity contribution in [2.24, 2.45) is 0 Å². The van der Waals surface area contributed by atoms with Gasteiger partial charge in [0.15, 0.2) is 0 Å². The number of aryl methyl sites for hydroxylation is 1. The molecular formula is C14H22ClN3. The Bertz CT molecular complexity index is 406. The van der Waals surface area contributed by atoms with Gasteiger partial charge in [-0.15, -0.1) is 11.6 Å². The molecule has 0 amide bonds. The van der Waals surface area contributed by atoms with Crippen LogP contribution in [0.4, 0.5) is 5.95 Å². The molecule has 0 saturated carbocycles. The highest BCUT2D eigenvalue weighted by Crippen LogP contribution is 2.24. The van der Waals surface area contributed by atoms with Gasteiger partial charge in [-0.05, 0) is 38.2 Å². The summed E-state index contributed by atoms with van der Waals surface area (Å²) in [5.41, 5.74) is 2.17. The van der Waals surface area contributed by atoms with Crippen LogP contribution < -0.4 is 4.90 Å². The zero-order chi connectivity index (χ0) is 13.1. The van der Waals surface area contributed by atoms with Crippen LogP contribution in [0, 0.1) is 6.92 Å². The van der Waals surface area contributed by atoms with Crippen molar-refractivity contribution in [2.45, 2.75) is 52.0 Å². The summed E-state index contributed by atoms with van der Waals surface area (Å²) in [6.07, 6.45) is 3.62. The number of anilines is 1. The fourth-order valence-corrected chi connectivity index (χ4v) is 2.75. The minimum absolute atomic E-state index is 0.391. The van der Waals surface area contributed by atoms with Gasteiger partial charge in [0.05, 0.1) is 0 Å². The fourth-order valence-electron chi connectivity index (χ4n) is 2.43. The Morgan fingerprint density at radius 2 is 2.17 bits per heavy atom. The van der Waals surface area contributed by atoms with E-state index < -0.39 is 0 Å². The lowest BCUT2D eigenvalue weighted by molar-refractivity contribution is 0.479. The lowest BCUT2D eigenvalue weighted by atomic mass is 10.0. The summed E-state index contributed by atoms with van der Waals surface area (Å²) in [5, 5.41) is 0. The molecule has 0 spiro atoms. The maximum atomic E-state index is 6.07. The van der Waals surface area contributed by atoms with E-state index >= 15 is 0 Å². The standard InChI is InChI=1S/C14H22ClN3/c1-10(2)13-8-11(3)16-14(17-13)18-7-5-4-6-12(18)9-15/h8,10,12H,4-7,9H2,1-3H3. The van der Waals surface area contributed by atoms with Gasteiger partial charge in [0.1, 0.15) is 0 Å². The summed E-state index contributed by atoms with van der Waals surface area (Å²) in [7, 11) is 0. The van der Waals surface area contributed by atoms with Crippen LogP contribution in [0.15, 0.2) is 6.07 Å². The van der Waals surface area contributed by atoms with Crippen LogP contribution in [0.25, 0.3) is 0 Å². The van der Waals surface area contributed by atoms with E-state index in [9.17, 15) is 0 Å². The van der Waals surface area contributed by atoms with Crippen LogP contribution in [-0.4, -0.2) is 28.4 Å². The topological polar surface area (TPSA) is 29.0 Å². The van der Waals surface area contributed by atoms with Crippen molar-refractivity contribution in [3.63, 3.8) is 0 Å². The van der Waals surface area contributed by atoms with Crippen molar-refractivity contribution in [3.8, 4) is 0 Å². The average Bonchev–Trinajstić information content (AvgIpc) is 2.38. The van der Waals surface area contributed by atoms with Crippen molar-refractivity contribution in [2.75, 3.05) is 17.3 Å². The smallest absolute Gasteiger partial charge is 0.226 e. The van der Waals surface area contributed by atoms with Gasteiger partial charge in [0.25, 0.3) is 0 Å². The first kappa shape index (κ1) is 13.6. The molecule has 1 aromatic rings. The minimum atomic E-state index is 0.391. The second-order valence-electron chi connectivity index (χ2n) is 5.39. The van der Waals surface area contributed by atoms with Crippen molar-refractivity contribution >= 4 is 17.5 Å². The molecule has 2 heterocycles. The molecule has 1 saturated heterocycles. The second-order valence-corrected chi connectivity index (χ2v) is 5.69. The van der Waals surface area contributed by atoms with Gasteiger partial charge in [-0.2, -0.15) is 0 Å². The van der Waals surface area contributed by atoms with E-state index in [0.29, 0.717) is 17.8 Å². The molecule has 0 aliphatic carbocycles. The van der Waals surface area contributed by atoms with E-state index in [1.165, 1.54) is 12.8 Å². The summed E-state index contributed by atoms with van der Waals surface area (Å²) >= 11 is 6.07. The molecular weight excluding hydrogens is 246 g/mol. The Hall–Kier alpha value is -0.830. The molecule has 4 heteroatoms. The second kappa shape index (κ2) is 5.87. The average molecular weight is 268 g/mol. The lowest BCUT2D eigenvalue weighted by Crippen LogP contribution is -2.42. The van der Waals surface area contributed by atoms with Crippen molar-refractivity contribution in [1.29, 1.82) is 0 Å². The summed E-state index contributed by atoms with van der Waals surface area (Å²) in [4.78, 5) is 11.6. The van der Waals surface area contributed by atoms with E-state index in [0.717, 1.165) is 30.3 Å². The monoisotopic (exact) mass is 267 g/mol. The molecule has 1 aromatic heterocycles. The zero-order valence-corrected chi connectivity index (χ0v) is 12.2. The van der Waals surface area contributed by atoms with E-state index in [1.54, 1.807) is 0 Å². The summed E-state index contributed by atoms with van der Waals surface area (Å²) in [5.74, 6) is 1.96. The van der Waals surface area contributed by atoms with E-state index in [2.05, 4.69) is 29.8 Å². The number of hydrogen-bond donors (Lipinski definition) is 0. The first-order valence-corrected chi connectivity index (χ1v) is 7.33. The van der Waals surface area contributed by atoms with E-state index in [4.69, 9.17) is 16.6 Å². The van der Waals surface area contributed by atoms with Crippen LogP contribution in [0.2, 0.25) is 0 Å². The third-order valence-electron chi connectivity index (χ3n) is 3.52. The molecule has 18 heavy (non-hydrogen) atoms. The van der Waals surface area contributed by atoms with E-state index in [-0.39, 0.29) is 0 Å². The van der Waals surface area contributed by atoms with E-state index in [1.807, 2.05) is 6.92 Å². The quantitative estimate of drug-likeness (QED) is 0.785. The van der Waals surface area contributed by atoms with Gasteiger partial charge < -0.3 is 4.90 Å². The lowest BCUT2D eigenvalue weighted by Gasteiger charge is -2.35. The van der Waals surface area contributed by atoms with Gasteiger partial charge >= 0.3 is 0 Å². The molecule has 0 radical (unpaired) electrons. The molecule has 1 atom stereocenters. The van der Waals surface area contributed by atoms with Crippen LogP contribution in [0.5, 0.6) is 0 Å². The molecule has 100 valence electrons. The molecule has 3 nitrogen and oxygen atoms in total. The number of hydrogen-bond acceptors (Lipinski definition) is 3. The molecule has 0 bridgehead atoms. The largest absolute Gasteiger partial charge is 0.337 e. The van der Waals surface area contributed by atoms with Crippen molar-refractivity contribution < 1.29 is 0 Å². The first-order chi connectivity index (χ1) is 8.61. The Labute approximate surface area is 115 Å². The highest BCUT2D eigenvalue weighted by molar-refractivity contribution is 6.18. The number of nitrogens with zero attached hydrogens (tertiary/aromatic N) is 3. The molecule has 1 aliphatic rings. The van der Waals surface area contributed by atoms with Crippen molar-refractivity contribution in [3.05, 3.63) is 17.5 Å². The molecule has 1 aliphatic heterocycles. The predicted octanol–water partition coefficient (Wildman–Crippen LogP) is 3.51. The van der Waals surface area contributed by atoms with Crippen LogP contribution in [0.1, 0.15) is 50.4 Å². The maximum absolute atomic E-state index is 6.07. The van der Waals surface area contributed by atoms with Gasteiger partial charge in [0, 0.05) is 29.9 Å². The number of alkyl halides is 1. The first-order valence-electron chi connectivity index (χ1n) is 6.80. The normalized spacial score (nSPS) is 20.5. The third kappa shape index (κ3) is 2.94. The molecule has 0 N–H and O–H groups in total. The number of halogens is 1. The van der Waals surface area contributed by atoms with Crippen molar-refractivity contribution in [1.82, 2.24) is 9.97 Å². The van der Waals surface area contributed by atoms with Gasteiger partial charge in [-0.25, -0.2) is 9.97 Å². The Kier molecular flexibility index (Phi) is 4.44. The molecule has 1 fully saturated rings. The SMILES string of the molecule is Cc1cc(C(C)C)nc(N2CCCCC2CCl)n1. The Morgan fingerprint density at radius 3 is 2.83 bits per heavy atom. The third-order valence-corrected chi connectivity index (χ3v) is 3.87. The number of piperidine rings is 1. The Morgan fingerprint density at radius 1 is 1.39 bits per heavy atom. The summed E-state index contributed by atoms with van der Waals surface area (Å²) < 4.78 is 0. The maximum Gasteiger partial charge on any atom is 0.226 e. The zero-order valence-electron chi connectivity index (χ0n) is 11.5. The fraction of sp³-hybridized carbons (Fsp3) is 0.714. The number of aromatic nitrogens is 2. The predicted molar refractivity (Wildman–Crippen MR) is 76.6 cm³/mol. The number of rotatable bonds is 3. The minimum Gasteiger partial charge on any atom is -0.337 e. The summed E-state index contributed by atoms with van der Waals surface area (Å²) in [6.45, 7) is 7.40. The van der Waals surface area contributed by atoms with Crippen LogP contribution in [0.3, 0.4) is 0 Å². The molecule has 0 aromatic carbocycles. The van der Waals surface area contributed by atoms with Gasteiger partial charge in [0.2, 0.25) is 5.95 Å². The highest BCUT2D eigenvalue weighted by atomic mass is 35.5. The van der Waals surface area contributed by atoms with Crippen LogP contribution in [-0.2, 0) is 0 Å². The molecule has 2 rings (SSSR count). The van der Waals surface area contributed by atoms with Gasteiger partial charge in [-0.3, -0.25) is 0 Å². The highest BCUT2D eigenvalue weighted by Gasteiger charge is 2.24. The van der Waals surface area contributed by atoms with Gasteiger partial charge in [-0.1, -0.05) is 13.8 Å². The Balaban J connectivity index is 2.30. The molecule has 1 unspecified atom stereocenters. The summed E-state index contributed by atoms with van der Waals surface area (Å²) in [6, 6.07) is 2.47. The van der Waals surface area contributed by atoms with Crippen LogP contribution >= 0.6 is 11.6 Å².